The van der Waals surface area contributed by atoms with Crippen LogP contribution in [0.4, 0.5) is 0 Å². The number of carbonyl (C=O) groups is 4. The second-order valence-electron chi connectivity index (χ2n) is 6.56. The fraction of sp³-hybridized carbons (Fsp3) is 0.750. The predicted molar refractivity (Wildman–Crippen MR) is 83.0 cm³/mol. The third-order valence-electron chi connectivity index (χ3n) is 4.50. The van der Waals surface area contributed by atoms with E-state index in [1.807, 2.05) is 0 Å². The fourth-order valence-electron chi connectivity index (χ4n) is 3.18. The van der Waals surface area contributed by atoms with Gasteiger partial charge >= 0.3 is 0 Å². The molecular weight excluding hydrogens is 298 g/mol. The number of rotatable bonds is 6. The van der Waals surface area contributed by atoms with Gasteiger partial charge in [0, 0.05) is 19.0 Å². The molecule has 1 aliphatic heterocycles. The summed E-state index contributed by atoms with van der Waals surface area (Å²) in [5.74, 6) is -1.42. The molecule has 1 saturated heterocycles. The maximum atomic E-state index is 12.2. The molecule has 7 nitrogen and oxygen atoms in total. The van der Waals surface area contributed by atoms with Crippen molar-refractivity contribution in [1.82, 2.24) is 15.5 Å². The van der Waals surface area contributed by atoms with Gasteiger partial charge in [-0.25, -0.2) is 0 Å². The van der Waals surface area contributed by atoms with Crippen LogP contribution in [0.25, 0.3) is 0 Å². The van der Waals surface area contributed by atoms with Crippen molar-refractivity contribution < 1.29 is 19.2 Å². The van der Waals surface area contributed by atoms with Gasteiger partial charge < -0.3 is 10.6 Å². The summed E-state index contributed by atoms with van der Waals surface area (Å²) in [6.07, 6.45) is 3.43. The number of hydrogen-bond donors (Lipinski definition) is 2. The van der Waals surface area contributed by atoms with Gasteiger partial charge in [0.2, 0.25) is 23.6 Å². The van der Waals surface area contributed by atoms with E-state index in [9.17, 15) is 19.2 Å². The number of imide groups is 1. The molecule has 23 heavy (non-hydrogen) atoms. The summed E-state index contributed by atoms with van der Waals surface area (Å²) in [5.41, 5.74) is 0. The van der Waals surface area contributed by atoms with E-state index in [0.29, 0.717) is 6.54 Å². The van der Waals surface area contributed by atoms with Crippen molar-refractivity contribution in [2.45, 2.75) is 39.5 Å². The molecule has 0 bridgehead atoms. The smallest absolute Gasteiger partial charge is 0.240 e. The van der Waals surface area contributed by atoms with E-state index in [1.54, 1.807) is 13.8 Å². The molecule has 0 spiro atoms. The first-order chi connectivity index (χ1) is 10.9. The molecule has 0 unspecified atom stereocenters. The lowest BCUT2D eigenvalue weighted by Crippen LogP contribution is -2.43. The molecule has 7 heteroatoms. The predicted octanol–water partition coefficient (Wildman–Crippen LogP) is 0.0500. The molecule has 0 radical (unpaired) electrons. The third-order valence-corrected chi connectivity index (χ3v) is 4.50. The quantitative estimate of drug-likeness (QED) is 0.533. The molecule has 0 aromatic heterocycles. The lowest BCUT2D eigenvalue weighted by atomic mass is 9.81. The molecular formula is C16H25N3O4. The zero-order chi connectivity index (χ0) is 17.0. The van der Waals surface area contributed by atoms with Crippen LogP contribution in [-0.4, -0.2) is 48.2 Å². The Morgan fingerprint density at radius 1 is 1.04 bits per heavy atom. The summed E-state index contributed by atoms with van der Waals surface area (Å²) in [5, 5.41) is 5.31. The van der Waals surface area contributed by atoms with Crippen LogP contribution < -0.4 is 10.6 Å². The maximum absolute atomic E-state index is 12.2. The minimum atomic E-state index is -0.371. The SMILES string of the molecule is CC(C)C(=O)NCCNC(=O)CN1C(=O)[C@@H]2CCCC[C@H]2C1=O. The van der Waals surface area contributed by atoms with E-state index in [4.69, 9.17) is 0 Å². The Labute approximate surface area is 136 Å². The summed E-state index contributed by atoms with van der Waals surface area (Å²) in [7, 11) is 0. The van der Waals surface area contributed by atoms with Crippen LogP contribution >= 0.6 is 0 Å². The molecule has 0 aromatic rings. The Hall–Kier alpha value is -1.92. The monoisotopic (exact) mass is 323 g/mol. The fourth-order valence-corrected chi connectivity index (χ4v) is 3.18. The van der Waals surface area contributed by atoms with Gasteiger partial charge in [-0.3, -0.25) is 24.1 Å². The van der Waals surface area contributed by atoms with Gasteiger partial charge in [0.1, 0.15) is 6.54 Å². The number of likely N-dealkylation sites (tertiary alicyclic amines) is 1. The first-order valence-corrected chi connectivity index (χ1v) is 8.31. The minimum Gasteiger partial charge on any atom is -0.354 e. The highest BCUT2D eigenvalue weighted by atomic mass is 16.2. The zero-order valence-corrected chi connectivity index (χ0v) is 13.8. The number of hydrogen-bond acceptors (Lipinski definition) is 4. The van der Waals surface area contributed by atoms with Gasteiger partial charge in [0.05, 0.1) is 11.8 Å². The van der Waals surface area contributed by atoms with Crippen molar-refractivity contribution >= 4 is 23.6 Å². The number of nitrogens with one attached hydrogen (secondary N) is 2. The Balaban J connectivity index is 1.76. The molecule has 2 aliphatic rings. The topological polar surface area (TPSA) is 95.6 Å². The summed E-state index contributed by atoms with van der Waals surface area (Å²) >= 11 is 0. The molecule has 2 fully saturated rings. The van der Waals surface area contributed by atoms with Gasteiger partial charge in [0.15, 0.2) is 0 Å². The van der Waals surface area contributed by atoms with Crippen LogP contribution in [0.15, 0.2) is 0 Å². The van der Waals surface area contributed by atoms with Gasteiger partial charge in [-0.15, -0.1) is 0 Å². The largest absolute Gasteiger partial charge is 0.354 e. The van der Waals surface area contributed by atoms with Crippen molar-refractivity contribution in [2.24, 2.45) is 17.8 Å². The Kier molecular flexibility index (Phi) is 5.74. The van der Waals surface area contributed by atoms with Crippen LogP contribution in [-0.2, 0) is 19.2 Å². The number of amides is 4. The zero-order valence-electron chi connectivity index (χ0n) is 13.8. The van der Waals surface area contributed by atoms with Gasteiger partial charge in [-0.1, -0.05) is 26.7 Å². The molecule has 128 valence electrons. The Morgan fingerprint density at radius 2 is 1.57 bits per heavy atom. The van der Waals surface area contributed by atoms with E-state index in [0.717, 1.165) is 30.6 Å². The van der Waals surface area contributed by atoms with Crippen LogP contribution in [0.2, 0.25) is 0 Å². The Bertz CT molecular complexity index is 480. The van der Waals surface area contributed by atoms with E-state index < -0.39 is 0 Å². The normalized spacial score (nSPS) is 23.9. The lowest BCUT2D eigenvalue weighted by molar-refractivity contribution is -0.143. The molecule has 2 rings (SSSR count). The molecule has 0 aromatic carbocycles. The maximum Gasteiger partial charge on any atom is 0.240 e. The highest BCUT2D eigenvalue weighted by Crippen LogP contribution is 2.37. The van der Waals surface area contributed by atoms with Gasteiger partial charge in [-0.05, 0) is 12.8 Å². The lowest BCUT2D eigenvalue weighted by Gasteiger charge is -2.19. The summed E-state index contributed by atoms with van der Waals surface area (Å²) < 4.78 is 0. The van der Waals surface area contributed by atoms with Crippen molar-refractivity contribution in [1.29, 1.82) is 0 Å². The van der Waals surface area contributed by atoms with Crippen molar-refractivity contribution in [3.05, 3.63) is 0 Å². The Morgan fingerprint density at radius 3 is 2.09 bits per heavy atom. The van der Waals surface area contributed by atoms with E-state index in [1.165, 1.54) is 0 Å². The van der Waals surface area contributed by atoms with Gasteiger partial charge in [0.25, 0.3) is 0 Å². The van der Waals surface area contributed by atoms with Crippen molar-refractivity contribution in [3.63, 3.8) is 0 Å². The molecule has 1 saturated carbocycles. The van der Waals surface area contributed by atoms with Crippen molar-refractivity contribution in [3.8, 4) is 0 Å². The average Bonchev–Trinajstić information content (AvgIpc) is 2.77. The van der Waals surface area contributed by atoms with Crippen LogP contribution in [0.3, 0.4) is 0 Å². The van der Waals surface area contributed by atoms with Crippen molar-refractivity contribution in [2.75, 3.05) is 19.6 Å². The van der Waals surface area contributed by atoms with Crippen LogP contribution in [0, 0.1) is 17.8 Å². The minimum absolute atomic E-state index is 0.0757. The highest BCUT2D eigenvalue weighted by molar-refractivity contribution is 6.07. The van der Waals surface area contributed by atoms with E-state index in [-0.39, 0.29) is 54.5 Å². The third kappa shape index (κ3) is 4.09. The number of nitrogens with zero attached hydrogens (tertiary/aromatic N) is 1. The summed E-state index contributed by atoms with van der Waals surface area (Å²) in [6, 6.07) is 0. The summed E-state index contributed by atoms with van der Waals surface area (Å²) in [6.45, 7) is 3.97. The van der Waals surface area contributed by atoms with Crippen LogP contribution in [0.5, 0.6) is 0 Å². The average molecular weight is 323 g/mol. The molecule has 2 N–H and O–H groups in total. The molecule has 4 amide bonds. The second kappa shape index (κ2) is 7.57. The van der Waals surface area contributed by atoms with E-state index >= 15 is 0 Å². The van der Waals surface area contributed by atoms with Gasteiger partial charge in [-0.2, -0.15) is 0 Å². The standard InChI is InChI=1S/C16H25N3O4/c1-10(2)14(21)18-8-7-17-13(20)9-19-15(22)11-5-3-4-6-12(11)16(19)23/h10-12H,3-9H2,1-2H3,(H,17,20)(H,18,21)/t11-,12-/m1/s1. The van der Waals surface area contributed by atoms with Crippen LogP contribution in [0.1, 0.15) is 39.5 Å². The molecule has 1 aliphatic carbocycles. The molecule has 2 atom stereocenters. The first kappa shape index (κ1) is 17.4. The number of fused-ring (bicyclic) bond motifs is 1. The molecule has 1 heterocycles. The second-order valence-corrected chi connectivity index (χ2v) is 6.56. The summed E-state index contributed by atoms with van der Waals surface area (Å²) in [4.78, 5) is 48.9. The number of carbonyl (C=O) groups excluding carboxylic acids is 4. The van der Waals surface area contributed by atoms with E-state index in [2.05, 4.69) is 10.6 Å². The highest BCUT2D eigenvalue weighted by Gasteiger charge is 2.48. The first-order valence-electron chi connectivity index (χ1n) is 8.31.